The number of methoxy groups -OCH3 is 3. The van der Waals surface area contributed by atoms with Gasteiger partial charge in [0.2, 0.25) is 5.75 Å². The SMILES string of the molecule is COc1cc2c(Nc3ccc(F)cc3)ncnc2c(OC)c1OC. The first kappa shape index (κ1) is 15.8. The van der Waals surface area contributed by atoms with E-state index in [1.54, 1.807) is 25.3 Å². The zero-order valence-electron chi connectivity index (χ0n) is 13.5. The highest BCUT2D eigenvalue weighted by molar-refractivity contribution is 5.97. The first-order valence-electron chi connectivity index (χ1n) is 7.14. The molecule has 1 N–H and O–H groups in total. The highest BCUT2D eigenvalue weighted by Crippen LogP contribution is 2.44. The number of benzene rings is 2. The van der Waals surface area contributed by atoms with Crippen molar-refractivity contribution in [1.82, 2.24) is 9.97 Å². The van der Waals surface area contributed by atoms with E-state index in [0.717, 1.165) is 0 Å². The Morgan fingerprint density at radius 2 is 1.62 bits per heavy atom. The Kier molecular flexibility index (Phi) is 4.33. The summed E-state index contributed by atoms with van der Waals surface area (Å²) in [6.45, 7) is 0. The lowest BCUT2D eigenvalue weighted by Crippen LogP contribution is -2.00. The van der Waals surface area contributed by atoms with Gasteiger partial charge in [0.25, 0.3) is 0 Å². The van der Waals surface area contributed by atoms with Crippen molar-refractivity contribution < 1.29 is 18.6 Å². The fourth-order valence-corrected chi connectivity index (χ4v) is 2.43. The average Bonchev–Trinajstić information content (AvgIpc) is 2.62. The summed E-state index contributed by atoms with van der Waals surface area (Å²) in [7, 11) is 4.61. The highest BCUT2D eigenvalue weighted by Gasteiger charge is 2.19. The van der Waals surface area contributed by atoms with E-state index in [-0.39, 0.29) is 5.82 Å². The Hall–Kier alpha value is -3.09. The molecule has 0 aliphatic heterocycles. The monoisotopic (exact) mass is 329 g/mol. The molecular formula is C17H16FN3O3. The Labute approximate surface area is 138 Å². The van der Waals surface area contributed by atoms with Crippen LogP contribution >= 0.6 is 0 Å². The first-order chi connectivity index (χ1) is 11.7. The Morgan fingerprint density at radius 3 is 2.25 bits per heavy atom. The van der Waals surface area contributed by atoms with Crippen molar-refractivity contribution >= 4 is 22.4 Å². The number of fused-ring (bicyclic) bond motifs is 1. The van der Waals surface area contributed by atoms with E-state index in [9.17, 15) is 4.39 Å². The van der Waals surface area contributed by atoms with Crippen LogP contribution in [0.25, 0.3) is 10.9 Å². The predicted molar refractivity (Wildman–Crippen MR) is 88.9 cm³/mol. The van der Waals surface area contributed by atoms with Gasteiger partial charge >= 0.3 is 0 Å². The van der Waals surface area contributed by atoms with Crippen molar-refractivity contribution in [2.24, 2.45) is 0 Å². The van der Waals surface area contributed by atoms with Crippen molar-refractivity contribution in [3.63, 3.8) is 0 Å². The quantitative estimate of drug-likeness (QED) is 0.772. The van der Waals surface area contributed by atoms with Crippen molar-refractivity contribution in [1.29, 1.82) is 0 Å². The Balaban J connectivity index is 2.17. The number of nitrogens with one attached hydrogen (secondary N) is 1. The average molecular weight is 329 g/mol. The van der Waals surface area contributed by atoms with E-state index in [4.69, 9.17) is 14.2 Å². The second-order valence-electron chi connectivity index (χ2n) is 4.90. The smallest absolute Gasteiger partial charge is 0.205 e. The van der Waals surface area contributed by atoms with Gasteiger partial charge in [-0.15, -0.1) is 0 Å². The number of hydrogen-bond donors (Lipinski definition) is 1. The molecule has 3 rings (SSSR count). The van der Waals surface area contributed by atoms with Crippen LogP contribution in [0.2, 0.25) is 0 Å². The molecule has 6 nitrogen and oxygen atoms in total. The lowest BCUT2D eigenvalue weighted by Gasteiger charge is -2.15. The van der Waals surface area contributed by atoms with Crippen molar-refractivity contribution in [2.75, 3.05) is 26.6 Å². The van der Waals surface area contributed by atoms with Crippen molar-refractivity contribution in [3.8, 4) is 17.2 Å². The van der Waals surface area contributed by atoms with Gasteiger partial charge in [-0.3, -0.25) is 0 Å². The summed E-state index contributed by atoms with van der Waals surface area (Å²) in [6, 6.07) is 7.76. The van der Waals surface area contributed by atoms with Gasteiger partial charge in [-0.1, -0.05) is 0 Å². The molecule has 2 aromatic carbocycles. The largest absolute Gasteiger partial charge is 0.493 e. The van der Waals surface area contributed by atoms with E-state index in [1.165, 1.54) is 32.7 Å². The Morgan fingerprint density at radius 1 is 0.917 bits per heavy atom. The van der Waals surface area contributed by atoms with Gasteiger partial charge in [-0.05, 0) is 30.3 Å². The minimum absolute atomic E-state index is 0.304. The van der Waals surface area contributed by atoms with Crippen LogP contribution in [0, 0.1) is 5.82 Å². The van der Waals surface area contributed by atoms with Crippen LogP contribution in [-0.4, -0.2) is 31.3 Å². The molecule has 0 aliphatic rings. The van der Waals surface area contributed by atoms with Gasteiger partial charge in [0.05, 0.1) is 26.7 Å². The molecule has 0 spiro atoms. The molecule has 24 heavy (non-hydrogen) atoms. The van der Waals surface area contributed by atoms with Crippen molar-refractivity contribution in [3.05, 3.63) is 42.5 Å². The molecule has 0 bridgehead atoms. The maximum Gasteiger partial charge on any atom is 0.205 e. The lowest BCUT2D eigenvalue weighted by atomic mass is 10.1. The maximum atomic E-state index is 13.1. The second-order valence-corrected chi connectivity index (χ2v) is 4.90. The highest BCUT2D eigenvalue weighted by atomic mass is 19.1. The zero-order chi connectivity index (χ0) is 17.1. The number of rotatable bonds is 5. The molecule has 0 saturated carbocycles. The van der Waals surface area contributed by atoms with Crippen LogP contribution in [0.1, 0.15) is 0 Å². The van der Waals surface area contributed by atoms with E-state index >= 15 is 0 Å². The summed E-state index contributed by atoms with van der Waals surface area (Å²) in [5.41, 5.74) is 1.28. The minimum atomic E-state index is -0.304. The number of aromatic nitrogens is 2. The molecule has 0 atom stereocenters. The van der Waals surface area contributed by atoms with Crippen LogP contribution in [0.3, 0.4) is 0 Å². The normalized spacial score (nSPS) is 10.5. The van der Waals surface area contributed by atoms with Crippen LogP contribution in [0.5, 0.6) is 17.2 Å². The lowest BCUT2D eigenvalue weighted by molar-refractivity contribution is 0.327. The van der Waals surface area contributed by atoms with Gasteiger partial charge in [0.1, 0.15) is 23.5 Å². The summed E-state index contributed by atoms with van der Waals surface area (Å²) in [4.78, 5) is 8.54. The van der Waals surface area contributed by atoms with Crippen LogP contribution in [0.4, 0.5) is 15.9 Å². The molecule has 124 valence electrons. The number of ether oxygens (including phenoxy) is 3. The summed E-state index contributed by atoms with van der Waals surface area (Å²) >= 11 is 0. The Bertz CT molecular complexity index is 869. The third-order valence-corrected chi connectivity index (χ3v) is 3.54. The molecule has 0 radical (unpaired) electrons. The van der Waals surface area contributed by atoms with Crippen LogP contribution < -0.4 is 19.5 Å². The van der Waals surface area contributed by atoms with Gasteiger partial charge < -0.3 is 19.5 Å². The van der Waals surface area contributed by atoms with E-state index in [0.29, 0.717) is 39.7 Å². The first-order valence-corrected chi connectivity index (χ1v) is 7.14. The molecule has 0 amide bonds. The summed E-state index contributed by atoms with van der Waals surface area (Å²) in [6.07, 6.45) is 1.42. The molecular weight excluding hydrogens is 313 g/mol. The maximum absolute atomic E-state index is 13.1. The van der Waals surface area contributed by atoms with Crippen molar-refractivity contribution in [2.45, 2.75) is 0 Å². The topological polar surface area (TPSA) is 65.5 Å². The number of halogens is 1. The standard InChI is InChI=1S/C17H16FN3O3/c1-22-13-8-12-14(16(24-3)15(13)23-2)19-9-20-17(12)21-11-6-4-10(18)5-7-11/h4-9H,1-3H3,(H,19,20,21). The molecule has 1 heterocycles. The molecule has 0 unspecified atom stereocenters. The summed E-state index contributed by atoms with van der Waals surface area (Å²) in [5.74, 6) is 1.65. The van der Waals surface area contributed by atoms with E-state index in [1.807, 2.05) is 0 Å². The van der Waals surface area contributed by atoms with E-state index in [2.05, 4.69) is 15.3 Å². The predicted octanol–water partition coefficient (Wildman–Crippen LogP) is 3.54. The van der Waals surface area contributed by atoms with Gasteiger partial charge in [0, 0.05) is 5.69 Å². The van der Waals surface area contributed by atoms with Gasteiger partial charge in [0.15, 0.2) is 11.5 Å². The number of nitrogens with zero attached hydrogens (tertiary/aromatic N) is 2. The minimum Gasteiger partial charge on any atom is -0.493 e. The van der Waals surface area contributed by atoms with Crippen LogP contribution in [0.15, 0.2) is 36.7 Å². The fourth-order valence-electron chi connectivity index (χ4n) is 2.43. The zero-order valence-corrected chi connectivity index (χ0v) is 13.5. The number of hydrogen-bond acceptors (Lipinski definition) is 6. The molecule has 0 saturated heterocycles. The second kappa shape index (κ2) is 6.57. The summed E-state index contributed by atoms with van der Waals surface area (Å²) in [5, 5.41) is 3.84. The molecule has 0 aliphatic carbocycles. The summed E-state index contributed by atoms with van der Waals surface area (Å²) < 4.78 is 29.2. The molecule has 3 aromatic rings. The van der Waals surface area contributed by atoms with Gasteiger partial charge in [-0.2, -0.15) is 0 Å². The molecule has 1 aromatic heterocycles. The molecule has 7 heteroatoms. The molecule has 0 fully saturated rings. The van der Waals surface area contributed by atoms with Gasteiger partial charge in [-0.25, -0.2) is 14.4 Å². The van der Waals surface area contributed by atoms with Crippen LogP contribution in [-0.2, 0) is 0 Å². The fraction of sp³-hybridized carbons (Fsp3) is 0.176. The number of anilines is 2. The third-order valence-electron chi connectivity index (χ3n) is 3.54. The van der Waals surface area contributed by atoms with E-state index < -0.39 is 0 Å². The third kappa shape index (κ3) is 2.76.